The molecule has 0 saturated carbocycles. The number of ether oxygens (including phenoxy) is 1. The number of carbonyl (C=O) groups excluding carboxylic acids is 1. The SMILES string of the molecule is Cc1nn(CC(C)C)c(C)c1CC(=O)OCc1csc(-c2cccs2)n1. The molecule has 26 heavy (non-hydrogen) atoms. The molecule has 5 nitrogen and oxygen atoms in total. The number of esters is 1. The fourth-order valence-electron chi connectivity index (χ4n) is 2.75. The van der Waals surface area contributed by atoms with Crippen molar-refractivity contribution in [2.75, 3.05) is 0 Å². The first-order valence-corrected chi connectivity index (χ1v) is 10.4. The van der Waals surface area contributed by atoms with E-state index in [1.54, 1.807) is 22.7 Å². The second kappa shape index (κ2) is 8.14. The lowest BCUT2D eigenvalue weighted by Crippen LogP contribution is -2.11. The first-order valence-electron chi connectivity index (χ1n) is 8.60. The van der Waals surface area contributed by atoms with E-state index in [1.165, 1.54) is 0 Å². The fraction of sp³-hybridized carbons (Fsp3) is 0.421. The molecule has 0 unspecified atom stereocenters. The van der Waals surface area contributed by atoms with E-state index in [-0.39, 0.29) is 19.0 Å². The van der Waals surface area contributed by atoms with Gasteiger partial charge in [-0.15, -0.1) is 22.7 Å². The zero-order valence-corrected chi connectivity index (χ0v) is 17.1. The Labute approximate surface area is 161 Å². The fourth-order valence-corrected chi connectivity index (χ4v) is 4.37. The summed E-state index contributed by atoms with van der Waals surface area (Å²) in [5.74, 6) is 0.265. The lowest BCUT2D eigenvalue weighted by Gasteiger charge is -2.08. The van der Waals surface area contributed by atoms with Gasteiger partial charge in [-0.05, 0) is 31.2 Å². The summed E-state index contributed by atoms with van der Waals surface area (Å²) in [5, 5.41) is 9.49. The Hall–Kier alpha value is -1.99. The molecular formula is C19H23N3O2S2. The molecule has 0 aliphatic carbocycles. The number of aryl methyl sites for hydroxylation is 1. The Bertz CT molecular complexity index is 879. The van der Waals surface area contributed by atoms with Crippen LogP contribution >= 0.6 is 22.7 Å². The van der Waals surface area contributed by atoms with Crippen LogP contribution in [0.4, 0.5) is 0 Å². The summed E-state index contributed by atoms with van der Waals surface area (Å²) in [7, 11) is 0. The van der Waals surface area contributed by atoms with Gasteiger partial charge in [0, 0.05) is 23.2 Å². The predicted molar refractivity (Wildman–Crippen MR) is 105 cm³/mol. The largest absolute Gasteiger partial charge is 0.459 e. The maximum absolute atomic E-state index is 12.3. The van der Waals surface area contributed by atoms with Gasteiger partial charge in [0.2, 0.25) is 0 Å². The molecule has 0 aromatic carbocycles. The minimum Gasteiger partial charge on any atom is -0.459 e. The van der Waals surface area contributed by atoms with Crippen LogP contribution in [-0.2, 0) is 29.1 Å². The maximum Gasteiger partial charge on any atom is 0.310 e. The molecule has 0 aliphatic rings. The first kappa shape index (κ1) is 18.8. The highest BCUT2D eigenvalue weighted by molar-refractivity contribution is 7.20. The highest BCUT2D eigenvalue weighted by Gasteiger charge is 2.17. The molecule has 138 valence electrons. The van der Waals surface area contributed by atoms with Crippen molar-refractivity contribution in [1.29, 1.82) is 0 Å². The number of carbonyl (C=O) groups is 1. The van der Waals surface area contributed by atoms with Gasteiger partial charge in [-0.25, -0.2) is 4.98 Å². The molecule has 0 fully saturated rings. The van der Waals surface area contributed by atoms with Crippen molar-refractivity contribution in [3.8, 4) is 9.88 Å². The Morgan fingerprint density at radius 1 is 1.31 bits per heavy atom. The lowest BCUT2D eigenvalue weighted by molar-refractivity contribution is -0.144. The van der Waals surface area contributed by atoms with Crippen molar-refractivity contribution >= 4 is 28.6 Å². The normalized spacial score (nSPS) is 11.3. The van der Waals surface area contributed by atoms with Crippen LogP contribution in [0.15, 0.2) is 22.9 Å². The molecule has 3 aromatic heterocycles. The second-order valence-electron chi connectivity index (χ2n) is 6.68. The van der Waals surface area contributed by atoms with Gasteiger partial charge >= 0.3 is 5.97 Å². The standard InChI is InChI=1S/C19H23N3O2S2/c1-12(2)9-22-14(4)16(13(3)21-22)8-18(23)24-10-15-11-26-19(20-15)17-6-5-7-25-17/h5-7,11-12H,8-10H2,1-4H3. The molecule has 0 radical (unpaired) electrons. The van der Waals surface area contributed by atoms with Crippen LogP contribution in [0.25, 0.3) is 9.88 Å². The van der Waals surface area contributed by atoms with Gasteiger partial charge in [0.25, 0.3) is 0 Å². The average Bonchev–Trinajstić information content (AvgIpc) is 3.30. The van der Waals surface area contributed by atoms with Gasteiger partial charge < -0.3 is 4.74 Å². The number of hydrogen-bond donors (Lipinski definition) is 0. The van der Waals surface area contributed by atoms with E-state index < -0.39 is 0 Å². The summed E-state index contributed by atoms with van der Waals surface area (Å²) in [4.78, 5) is 17.9. The summed E-state index contributed by atoms with van der Waals surface area (Å²) < 4.78 is 7.42. The molecule has 3 aromatic rings. The Kier molecular flexibility index (Phi) is 5.88. The molecule has 0 N–H and O–H groups in total. The van der Waals surface area contributed by atoms with Crippen molar-refractivity contribution in [3.05, 3.63) is 45.5 Å². The number of aromatic nitrogens is 3. The molecule has 0 spiro atoms. The molecule has 7 heteroatoms. The second-order valence-corrected chi connectivity index (χ2v) is 8.49. The van der Waals surface area contributed by atoms with Crippen LogP contribution < -0.4 is 0 Å². The maximum atomic E-state index is 12.3. The number of thiazole rings is 1. The molecule has 0 saturated heterocycles. The Morgan fingerprint density at radius 2 is 2.12 bits per heavy atom. The highest BCUT2D eigenvalue weighted by Crippen LogP contribution is 2.28. The zero-order valence-electron chi connectivity index (χ0n) is 15.5. The Morgan fingerprint density at radius 3 is 2.81 bits per heavy atom. The van der Waals surface area contributed by atoms with E-state index in [1.807, 2.05) is 41.4 Å². The van der Waals surface area contributed by atoms with Gasteiger partial charge in [0.15, 0.2) is 0 Å². The number of thiophene rings is 1. The smallest absolute Gasteiger partial charge is 0.310 e. The van der Waals surface area contributed by atoms with E-state index in [4.69, 9.17) is 4.74 Å². The van der Waals surface area contributed by atoms with Gasteiger partial charge in [0.1, 0.15) is 11.6 Å². The minimum absolute atomic E-state index is 0.207. The summed E-state index contributed by atoms with van der Waals surface area (Å²) in [6, 6.07) is 4.05. The number of rotatable bonds is 7. The average molecular weight is 390 g/mol. The van der Waals surface area contributed by atoms with Gasteiger partial charge in [-0.1, -0.05) is 19.9 Å². The minimum atomic E-state index is -0.244. The van der Waals surface area contributed by atoms with E-state index in [2.05, 4.69) is 23.9 Å². The molecule has 3 rings (SSSR count). The molecule has 0 amide bonds. The van der Waals surface area contributed by atoms with Gasteiger partial charge in [0.05, 0.1) is 22.7 Å². The summed E-state index contributed by atoms with van der Waals surface area (Å²) in [5.41, 5.74) is 3.69. The molecule has 0 bridgehead atoms. The van der Waals surface area contributed by atoms with Crippen LogP contribution in [-0.4, -0.2) is 20.7 Å². The lowest BCUT2D eigenvalue weighted by atomic mass is 10.1. The van der Waals surface area contributed by atoms with Crippen LogP contribution in [0.5, 0.6) is 0 Å². The van der Waals surface area contributed by atoms with E-state index in [0.717, 1.165) is 39.1 Å². The van der Waals surface area contributed by atoms with Crippen LogP contribution in [0.3, 0.4) is 0 Å². The Balaban J connectivity index is 1.59. The van der Waals surface area contributed by atoms with Crippen molar-refractivity contribution in [2.45, 2.75) is 47.3 Å². The number of hydrogen-bond acceptors (Lipinski definition) is 6. The number of nitrogens with zero attached hydrogens (tertiary/aromatic N) is 3. The van der Waals surface area contributed by atoms with Crippen molar-refractivity contribution in [2.24, 2.45) is 5.92 Å². The molecule has 0 atom stereocenters. The van der Waals surface area contributed by atoms with Crippen LogP contribution in [0.2, 0.25) is 0 Å². The monoisotopic (exact) mass is 389 g/mol. The van der Waals surface area contributed by atoms with Crippen molar-refractivity contribution in [3.63, 3.8) is 0 Å². The van der Waals surface area contributed by atoms with E-state index in [0.29, 0.717) is 5.92 Å². The quantitative estimate of drug-likeness (QED) is 0.553. The van der Waals surface area contributed by atoms with E-state index >= 15 is 0 Å². The molecule has 3 heterocycles. The predicted octanol–water partition coefficient (Wildman–Crippen LogP) is 4.63. The van der Waals surface area contributed by atoms with Crippen molar-refractivity contribution < 1.29 is 9.53 Å². The summed E-state index contributed by atoms with van der Waals surface area (Å²) in [6.07, 6.45) is 0.248. The topological polar surface area (TPSA) is 57.0 Å². The van der Waals surface area contributed by atoms with Crippen LogP contribution in [0.1, 0.15) is 36.5 Å². The summed E-state index contributed by atoms with van der Waals surface area (Å²) in [6.45, 7) is 9.33. The third-order valence-electron chi connectivity index (χ3n) is 4.06. The zero-order chi connectivity index (χ0) is 18.7. The van der Waals surface area contributed by atoms with Gasteiger partial charge in [-0.2, -0.15) is 5.10 Å². The third-order valence-corrected chi connectivity index (χ3v) is 5.99. The van der Waals surface area contributed by atoms with Crippen LogP contribution in [0, 0.1) is 19.8 Å². The highest BCUT2D eigenvalue weighted by atomic mass is 32.1. The van der Waals surface area contributed by atoms with Crippen molar-refractivity contribution in [1.82, 2.24) is 14.8 Å². The molecule has 0 aliphatic heterocycles. The first-order chi connectivity index (χ1) is 12.4. The van der Waals surface area contributed by atoms with Gasteiger partial charge in [-0.3, -0.25) is 9.48 Å². The third kappa shape index (κ3) is 4.40. The summed E-state index contributed by atoms with van der Waals surface area (Å²) >= 11 is 3.23. The molecular weight excluding hydrogens is 366 g/mol. The van der Waals surface area contributed by atoms with E-state index in [9.17, 15) is 4.79 Å².